The molecule has 0 spiro atoms. The lowest BCUT2D eigenvalue weighted by molar-refractivity contribution is -0.384. The van der Waals surface area contributed by atoms with Crippen LogP contribution in [0.2, 0.25) is 0 Å². The van der Waals surface area contributed by atoms with Crippen LogP contribution in [0.3, 0.4) is 0 Å². The molecule has 0 radical (unpaired) electrons. The minimum Gasteiger partial charge on any atom is -0.468 e. The van der Waals surface area contributed by atoms with Crippen LogP contribution in [0.1, 0.15) is 50.4 Å². The van der Waals surface area contributed by atoms with Crippen LogP contribution in [0.4, 0.5) is 11.5 Å². The number of aromatic nitrogens is 2. The number of non-ortho nitro benzene ring substituents is 1. The topological polar surface area (TPSA) is 99.6 Å². The van der Waals surface area contributed by atoms with Gasteiger partial charge in [-0.05, 0) is 12.5 Å². The van der Waals surface area contributed by atoms with E-state index in [1.165, 1.54) is 19.2 Å². The summed E-state index contributed by atoms with van der Waals surface area (Å²) in [5, 5.41) is 16.0. The van der Waals surface area contributed by atoms with E-state index in [2.05, 4.69) is 10.1 Å². The molecule has 1 aliphatic heterocycles. The Hall–Kier alpha value is -3.03. The summed E-state index contributed by atoms with van der Waals surface area (Å²) in [5.41, 5.74) is 2.57. The van der Waals surface area contributed by atoms with Crippen molar-refractivity contribution < 1.29 is 14.5 Å². The van der Waals surface area contributed by atoms with Crippen molar-refractivity contribution in [2.24, 2.45) is 18.0 Å². The van der Waals surface area contributed by atoms with E-state index in [9.17, 15) is 14.9 Å². The average molecular weight is 384 g/mol. The van der Waals surface area contributed by atoms with Crippen molar-refractivity contribution in [2.75, 3.05) is 7.11 Å². The van der Waals surface area contributed by atoms with Crippen LogP contribution < -0.4 is 0 Å². The van der Waals surface area contributed by atoms with Crippen molar-refractivity contribution in [1.82, 2.24) is 9.78 Å². The number of nitrogens with zero attached hydrogens (tertiary/aromatic N) is 4. The summed E-state index contributed by atoms with van der Waals surface area (Å²) in [4.78, 5) is 28.2. The minimum absolute atomic E-state index is 0.0240. The quantitative estimate of drug-likeness (QED) is 0.457. The van der Waals surface area contributed by atoms with E-state index in [1.54, 1.807) is 23.7 Å². The molecule has 0 aliphatic carbocycles. The lowest BCUT2D eigenvalue weighted by Gasteiger charge is -2.31. The van der Waals surface area contributed by atoms with Crippen LogP contribution >= 0.6 is 0 Å². The van der Waals surface area contributed by atoms with Crippen LogP contribution in [-0.2, 0) is 22.0 Å². The summed E-state index contributed by atoms with van der Waals surface area (Å²) in [7, 11) is 3.15. The molecule has 8 heteroatoms. The fourth-order valence-corrected chi connectivity index (χ4v) is 3.77. The van der Waals surface area contributed by atoms with Gasteiger partial charge in [-0.25, -0.2) is 4.99 Å². The number of carbonyl (C=O) groups excluding carboxylic acids is 1. The van der Waals surface area contributed by atoms with Crippen LogP contribution in [-0.4, -0.2) is 33.5 Å². The first-order valence-corrected chi connectivity index (χ1v) is 9.01. The second-order valence-electron chi connectivity index (χ2n) is 8.04. The van der Waals surface area contributed by atoms with Crippen molar-refractivity contribution in [2.45, 2.75) is 39.0 Å². The second-order valence-corrected chi connectivity index (χ2v) is 8.04. The van der Waals surface area contributed by atoms with Gasteiger partial charge >= 0.3 is 5.97 Å². The highest BCUT2D eigenvalue weighted by atomic mass is 16.6. The highest BCUT2D eigenvalue weighted by Crippen LogP contribution is 2.47. The summed E-state index contributed by atoms with van der Waals surface area (Å²) in [5.74, 6) is -0.904. The Morgan fingerprint density at radius 1 is 1.32 bits per heavy atom. The molecule has 0 amide bonds. The molecule has 0 fully saturated rings. The summed E-state index contributed by atoms with van der Waals surface area (Å²) in [6.45, 7) is 7.90. The first kappa shape index (κ1) is 19.7. The molecule has 2 atom stereocenters. The molecular weight excluding hydrogens is 360 g/mol. The molecule has 3 rings (SSSR count). The maximum atomic E-state index is 12.7. The van der Waals surface area contributed by atoms with Gasteiger partial charge < -0.3 is 4.74 Å². The molecule has 0 bridgehead atoms. The second kappa shape index (κ2) is 6.85. The summed E-state index contributed by atoms with van der Waals surface area (Å²) >= 11 is 0. The normalized spacial score (nSPS) is 19.0. The predicted molar refractivity (Wildman–Crippen MR) is 105 cm³/mol. The fourth-order valence-electron chi connectivity index (χ4n) is 3.77. The van der Waals surface area contributed by atoms with Crippen molar-refractivity contribution in [1.29, 1.82) is 0 Å². The van der Waals surface area contributed by atoms with Gasteiger partial charge in [-0.3, -0.25) is 19.6 Å². The van der Waals surface area contributed by atoms with Gasteiger partial charge in [0.25, 0.3) is 5.69 Å². The van der Waals surface area contributed by atoms with E-state index in [0.29, 0.717) is 17.1 Å². The Morgan fingerprint density at radius 3 is 2.57 bits per heavy atom. The number of carbonyl (C=O) groups is 1. The molecule has 1 aromatic heterocycles. The third kappa shape index (κ3) is 3.19. The number of nitro benzene ring substituents is 1. The van der Waals surface area contributed by atoms with E-state index < -0.39 is 22.7 Å². The lowest BCUT2D eigenvalue weighted by atomic mass is 9.73. The van der Waals surface area contributed by atoms with E-state index in [0.717, 1.165) is 11.3 Å². The largest absolute Gasteiger partial charge is 0.468 e. The molecule has 1 aromatic carbocycles. The maximum absolute atomic E-state index is 12.7. The Kier molecular flexibility index (Phi) is 4.82. The molecule has 28 heavy (non-hydrogen) atoms. The number of esters is 1. The number of aryl methyl sites for hydroxylation is 1. The summed E-state index contributed by atoms with van der Waals surface area (Å²) < 4.78 is 6.76. The number of hydrogen-bond acceptors (Lipinski definition) is 6. The summed E-state index contributed by atoms with van der Waals surface area (Å²) in [6, 6.07) is 6.39. The van der Waals surface area contributed by atoms with E-state index in [-0.39, 0.29) is 11.1 Å². The molecule has 2 unspecified atom stereocenters. The zero-order chi connectivity index (χ0) is 20.8. The monoisotopic (exact) mass is 384 g/mol. The van der Waals surface area contributed by atoms with Gasteiger partial charge in [0.2, 0.25) is 0 Å². The number of benzene rings is 1. The van der Waals surface area contributed by atoms with Gasteiger partial charge in [0, 0.05) is 41.8 Å². The molecule has 1 aliphatic rings. The molecule has 0 N–H and O–H groups in total. The Morgan fingerprint density at radius 2 is 2.00 bits per heavy atom. The standard InChI is InChI=1S/C20H24N4O4/c1-11-14(19(25)28-6)15(12-8-7-9-13(10-12)24(26)27)16-17(20(2,3)4)22-23(5)18(16)21-11/h7-10,14-15H,1-6H3. The molecule has 0 saturated heterocycles. The van der Waals surface area contributed by atoms with Crippen LogP contribution in [0.5, 0.6) is 0 Å². The van der Waals surface area contributed by atoms with Gasteiger partial charge in [0.1, 0.15) is 5.92 Å². The molecular formula is C20H24N4O4. The van der Waals surface area contributed by atoms with Crippen LogP contribution in [0, 0.1) is 16.0 Å². The number of aliphatic imine (C=N–C) groups is 1. The van der Waals surface area contributed by atoms with Crippen LogP contribution in [0.15, 0.2) is 29.3 Å². The Bertz CT molecular complexity index is 985. The van der Waals surface area contributed by atoms with Gasteiger partial charge in [0.15, 0.2) is 5.82 Å². The minimum atomic E-state index is -0.676. The van der Waals surface area contributed by atoms with Gasteiger partial charge in [-0.1, -0.05) is 32.9 Å². The van der Waals surface area contributed by atoms with Crippen molar-refractivity contribution in [3.8, 4) is 0 Å². The Labute approximate surface area is 163 Å². The number of hydrogen-bond donors (Lipinski definition) is 0. The average Bonchev–Trinajstić information content (AvgIpc) is 2.96. The first-order chi connectivity index (χ1) is 13.1. The number of nitro groups is 1. The highest BCUT2D eigenvalue weighted by molar-refractivity contribution is 6.05. The Balaban J connectivity index is 2.34. The first-order valence-electron chi connectivity index (χ1n) is 9.01. The molecule has 0 saturated carbocycles. The molecule has 2 aromatic rings. The van der Waals surface area contributed by atoms with E-state index in [4.69, 9.17) is 4.74 Å². The van der Waals surface area contributed by atoms with Gasteiger partial charge in [-0.2, -0.15) is 5.10 Å². The number of rotatable bonds is 3. The number of fused-ring (bicyclic) bond motifs is 1. The maximum Gasteiger partial charge on any atom is 0.315 e. The van der Waals surface area contributed by atoms with Gasteiger partial charge in [-0.15, -0.1) is 0 Å². The van der Waals surface area contributed by atoms with Crippen LogP contribution in [0.25, 0.3) is 0 Å². The highest BCUT2D eigenvalue weighted by Gasteiger charge is 2.43. The summed E-state index contributed by atoms with van der Waals surface area (Å²) in [6.07, 6.45) is 0. The lowest BCUT2D eigenvalue weighted by Crippen LogP contribution is -2.34. The van der Waals surface area contributed by atoms with Gasteiger partial charge in [0.05, 0.1) is 17.7 Å². The third-order valence-electron chi connectivity index (χ3n) is 5.03. The molecule has 148 valence electrons. The smallest absolute Gasteiger partial charge is 0.315 e. The van der Waals surface area contributed by atoms with E-state index in [1.807, 2.05) is 27.8 Å². The number of ether oxygens (including phenoxy) is 1. The predicted octanol–water partition coefficient (Wildman–Crippen LogP) is 3.65. The molecule has 2 heterocycles. The van der Waals surface area contributed by atoms with Crippen molar-refractivity contribution in [3.05, 3.63) is 51.2 Å². The molecule has 8 nitrogen and oxygen atoms in total. The zero-order valence-corrected chi connectivity index (χ0v) is 16.9. The fraction of sp³-hybridized carbons (Fsp3) is 0.450. The number of methoxy groups -OCH3 is 1. The van der Waals surface area contributed by atoms with Crippen molar-refractivity contribution >= 4 is 23.2 Å². The third-order valence-corrected chi connectivity index (χ3v) is 5.03. The van der Waals surface area contributed by atoms with E-state index >= 15 is 0 Å². The zero-order valence-electron chi connectivity index (χ0n) is 16.9. The van der Waals surface area contributed by atoms with Crippen molar-refractivity contribution in [3.63, 3.8) is 0 Å². The SMILES string of the molecule is COC(=O)C1C(C)=Nc2c(c(C(C)(C)C)nn2C)C1c1cccc([N+](=O)[O-])c1.